The van der Waals surface area contributed by atoms with Gasteiger partial charge in [0.1, 0.15) is 5.75 Å². The second kappa shape index (κ2) is 10.8. The first-order valence-corrected chi connectivity index (χ1v) is 11.4. The molecule has 0 saturated carbocycles. The van der Waals surface area contributed by atoms with Crippen molar-refractivity contribution in [2.45, 2.75) is 37.6 Å². The third-order valence-corrected chi connectivity index (χ3v) is 6.15. The first-order chi connectivity index (χ1) is 13.7. The standard InChI is InChI=1S/C20H24Cl2N2O4S/c1-3-4-11-23-29(26,27)17-9-10-19(18(22)12-17)28-13-20(25)24-14(2)15-5-7-16(21)8-6-15/h5-10,12,14,23H,3-4,11,13H2,1-2H3,(H,24,25). The van der Waals surface area contributed by atoms with E-state index in [2.05, 4.69) is 10.0 Å². The molecular weight excluding hydrogens is 435 g/mol. The number of hydrogen-bond donors (Lipinski definition) is 2. The average Bonchev–Trinajstić information content (AvgIpc) is 2.67. The van der Waals surface area contributed by atoms with E-state index in [1.54, 1.807) is 12.1 Å². The molecule has 0 saturated heterocycles. The lowest BCUT2D eigenvalue weighted by atomic mass is 10.1. The summed E-state index contributed by atoms with van der Waals surface area (Å²) < 4.78 is 32.4. The smallest absolute Gasteiger partial charge is 0.258 e. The number of carbonyl (C=O) groups excluding carboxylic acids is 1. The Bertz CT molecular complexity index is 934. The molecule has 0 aliphatic carbocycles. The van der Waals surface area contributed by atoms with E-state index in [-0.39, 0.29) is 34.2 Å². The number of rotatable bonds is 10. The highest BCUT2D eigenvalue weighted by Crippen LogP contribution is 2.27. The van der Waals surface area contributed by atoms with Crippen LogP contribution in [0.1, 0.15) is 38.3 Å². The molecule has 2 aromatic rings. The number of halogens is 2. The van der Waals surface area contributed by atoms with Gasteiger partial charge in [0, 0.05) is 11.6 Å². The molecule has 0 fully saturated rings. The van der Waals surface area contributed by atoms with Gasteiger partial charge in [-0.1, -0.05) is 48.7 Å². The summed E-state index contributed by atoms with van der Waals surface area (Å²) in [6.45, 7) is 3.93. The molecule has 158 valence electrons. The van der Waals surface area contributed by atoms with E-state index in [9.17, 15) is 13.2 Å². The van der Waals surface area contributed by atoms with Crippen molar-refractivity contribution in [2.24, 2.45) is 0 Å². The number of hydrogen-bond acceptors (Lipinski definition) is 4. The number of unbranched alkanes of at least 4 members (excludes halogenated alkanes) is 1. The van der Waals surface area contributed by atoms with Crippen molar-refractivity contribution < 1.29 is 17.9 Å². The van der Waals surface area contributed by atoms with Gasteiger partial charge in [-0.2, -0.15) is 0 Å². The van der Waals surface area contributed by atoms with Crippen LogP contribution in [0.5, 0.6) is 5.75 Å². The van der Waals surface area contributed by atoms with Crippen LogP contribution in [0.3, 0.4) is 0 Å². The van der Waals surface area contributed by atoms with Crippen LogP contribution < -0.4 is 14.8 Å². The summed E-state index contributed by atoms with van der Waals surface area (Å²) in [5, 5.41) is 3.55. The second-order valence-electron chi connectivity index (χ2n) is 6.47. The Hall–Kier alpha value is -1.80. The molecule has 0 aliphatic heterocycles. The van der Waals surface area contributed by atoms with Gasteiger partial charge >= 0.3 is 0 Å². The molecule has 29 heavy (non-hydrogen) atoms. The Kier molecular flexibility index (Phi) is 8.77. The highest BCUT2D eigenvalue weighted by Gasteiger charge is 2.16. The van der Waals surface area contributed by atoms with Gasteiger partial charge < -0.3 is 10.1 Å². The largest absolute Gasteiger partial charge is 0.482 e. The van der Waals surface area contributed by atoms with Crippen molar-refractivity contribution in [1.82, 2.24) is 10.0 Å². The highest BCUT2D eigenvalue weighted by atomic mass is 35.5. The van der Waals surface area contributed by atoms with E-state index in [1.807, 2.05) is 26.0 Å². The first-order valence-electron chi connectivity index (χ1n) is 9.19. The Morgan fingerprint density at radius 1 is 1.14 bits per heavy atom. The molecule has 1 amide bonds. The van der Waals surface area contributed by atoms with Gasteiger partial charge in [-0.15, -0.1) is 0 Å². The van der Waals surface area contributed by atoms with Crippen molar-refractivity contribution >= 4 is 39.1 Å². The molecule has 6 nitrogen and oxygen atoms in total. The highest BCUT2D eigenvalue weighted by molar-refractivity contribution is 7.89. The fourth-order valence-electron chi connectivity index (χ4n) is 2.49. The van der Waals surface area contributed by atoms with E-state index < -0.39 is 10.0 Å². The predicted octanol–water partition coefficient (Wildman–Crippen LogP) is 4.33. The minimum atomic E-state index is -3.63. The van der Waals surface area contributed by atoms with E-state index in [0.717, 1.165) is 18.4 Å². The summed E-state index contributed by atoms with van der Waals surface area (Å²) in [6.07, 6.45) is 1.63. The van der Waals surface area contributed by atoms with Gasteiger partial charge in [-0.3, -0.25) is 4.79 Å². The van der Waals surface area contributed by atoms with Crippen molar-refractivity contribution in [3.63, 3.8) is 0 Å². The summed E-state index contributed by atoms with van der Waals surface area (Å²) in [7, 11) is -3.63. The molecule has 2 aromatic carbocycles. The van der Waals surface area contributed by atoms with Crippen molar-refractivity contribution in [2.75, 3.05) is 13.2 Å². The maximum Gasteiger partial charge on any atom is 0.258 e. The number of benzene rings is 2. The van der Waals surface area contributed by atoms with Crippen LogP contribution in [0.4, 0.5) is 0 Å². The molecule has 9 heteroatoms. The lowest BCUT2D eigenvalue weighted by molar-refractivity contribution is -0.123. The number of nitrogens with one attached hydrogen (secondary N) is 2. The van der Waals surface area contributed by atoms with Crippen LogP contribution in [0.15, 0.2) is 47.4 Å². The Balaban J connectivity index is 1.93. The molecular formula is C20H24Cl2N2O4S. The monoisotopic (exact) mass is 458 g/mol. The van der Waals surface area contributed by atoms with Gasteiger partial charge in [0.05, 0.1) is 16.0 Å². The van der Waals surface area contributed by atoms with Crippen LogP contribution in [-0.2, 0) is 14.8 Å². The Morgan fingerprint density at radius 2 is 1.83 bits per heavy atom. The van der Waals surface area contributed by atoms with E-state index in [0.29, 0.717) is 11.6 Å². The normalized spacial score (nSPS) is 12.4. The number of amides is 1. The predicted molar refractivity (Wildman–Crippen MR) is 115 cm³/mol. The van der Waals surface area contributed by atoms with Crippen LogP contribution in [0.2, 0.25) is 10.0 Å². The third kappa shape index (κ3) is 7.19. The fourth-order valence-corrected chi connectivity index (χ4v) is 4.02. The molecule has 2 rings (SSSR count). The Labute approximate surface area is 181 Å². The van der Waals surface area contributed by atoms with Gasteiger partial charge in [0.25, 0.3) is 5.91 Å². The van der Waals surface area contributed by atoms with Gasteiger partial charge in [-0.05, 0) is 49.2 Å². The molecule has 0 heterocycles. The summed E-state index contributed by atoms with van der Waals surface area (Å²) in [5.74, 6) is -0.102. The summed E-state index contributed by atoms with van der Waals surface area (Å²) in [4.78, 5) is 12.2. The molecule has 0 aliphatic rings. The number of carbonyl (C=O) groups is 1. The number of sulfonamides is 1. The van der Waals surface area contributed by atoms with E-state index in [1.165, 1.54) is 18.2 Å². The van der Waals surface area contributed by atoms with Crippen molar-refractivity contribution in [3.05, 3.63) is 58.1 Å². The summed E-state index contributed by atoms with van der Waals surface area (Å²) in [6, 6.07) is 11.1. The molecule has 1 atom stereocenters. The second-order valence-corrected chi connectivity index (χ2v) is 9.08. The van der Waals surface area contributed by atoms with Crippen molar-refractivity contribution in [1.29, 1.82) is 0 Å². The Morgan fingerprint density at radius 3 is 2.45 bits per heavy atom. The fraction of sp³-hybridized carbons (Fsp3) is 0.350. The lowest BCUT2D eigenvalue weighted by Crippen LogP contribution is -2.31. The quantitative estimate of drug-likeness (QED) is 0.518. The zero-order chi connectivity index (χ0) is 21.4. The summed E-state index contributed by atoms with van der Waals surface area (Å²) in [5.41, 5.74) is 0.908. The third-order valence-electron chi connectivity index (χ3n) is 4.14. The molecule has 0 spiro atoms. The van der Waals surface area contributed by atoms with Crippen LogP contribution >= 0.6 is 23.2 Å². The molecule has 0 bridgehead atoms. The zero-order valence-corrected chi connectivity index (χ0v) is 18.6. The van der Waals surface area contributed by atoms with Crippen LogP contribution in [0, 0.1) is 0 Å². The van der Waals surface area contributed by atoms with Gasteiger partial charge in [0.15, 0.2) is 6.61 Å². The summed E-state index contributed by atoms with van der Waals surface area (Å²) >= 11 is 12.0. The maximum atomic E-state index is 12.2. The topological polar surface area (TPSA) is 84.5 Å². The SMILES string of the molecule is CCCCNS(=O)(=O)c1ccc(OCC(=O)NC(C)c2ccc(Cl)cc2)c(Cl)c1. The maximum absolute atomic E-state index is 12.2. The molecule has 0 aromatic heterocycles. The average molecular weight is 459 g/mol. The van der Waals surface area contributed by atoms with Gasteiger partial charge in [-0.25, -0.2) is 13.1 Å². The zero-order valence-electron chi connectivity index (χ0n) is 16.2. The van der Waals surface area contributed by atoms with E-state index in [4.69, 9.17) is 27.9 Å². The molecule has 1 unspecified atom stereocenters. The lowest BCUT2D eigenvalue weighted by Gasteiger charge is -2.15. The minimum absolute atomic E-state index is 0.0479. The number of ether oxygens (including phenoxy) is 1. The van der Waals surface area contributed by atoms with Crippen LogP contribution in [-0.4, -0.2) is 27.5 Å². The first kappa shape index (κ1) is 23.5. The minimum Gasteiger partial charge on any atom is -0.482 e. The molecule has 2 N–H and O–H groups in total. The van der Waals surface area contributed by atoms with Crippen LogP contribution in [0.25, 0.3) is 0 Å². The van der Waals surface area contributed by atoms with Gasteiger partial charge in [0.2, 0.25) is 10.0 Å². The molecule has 0 radical (unpaired) electrons. The van der Waals surface area contributed by atoms with Crippen molar-refractivity contribution in [3.8, 4) is 5.75 Å². The van der Waals surface area contributed by atoms with E-state index >= 15 is 0 Å².